The van der Waals surface area contributed by atoms with Gasteiger partial charge < -0.3 is 15.5 Å². The number of carbonyl (C=O) groups is 3. The normalized spacial score (nSPS) is 14.6. The highest BCUT2D eigenvalue weighted by Gasteiger charge is 2.23. The molecule has 2 aromatic rings. The highest BCUT2D eigenvalue weighted by atomic mass is 35.5. The van der Waals surface area contributed by atoms with Crippen LogP contribution in [0.15, 0.2) is 48.5 Å². The van der Waals surface area contributed by atoms with E-state index in [1.807, 2.05) is 6.07 Å². The van der Waals surface area contributed by atoms with E-state index >= 15 is 0 Å². The van der Waals surface area contributed by atoms with E-state index in [1.54, 1.807) is 54.3 Å². The molecule has 0 aliphatic carbocycles. The predicted octanol–water partition coefficient (Wildman–Crippen LogP) is 3.61. The van der Waals surface area contributed by atoms with Crippen LogP contribution in [0.5, 0.6) is 0 Å². The van der Waals surface area contributed by atoms with E-state index in [2.05, 4.69) is 10.6 Å². The number of hydrogen-bond donors (Lipinski definition) is 2. The smallest absolute Gasteiger partial charge is 0.251 e. The summed E-state index contributed by atoms with van der Waals surface area (Å²) in [5.74, 6) is -0.396. The zero-order chi connectivity index (χ0) is 20.1. The lowest BCUT2D eigenvalue weighted by Gasteiger charge is -2.18. The van der Waals surface area contributed by atoms with Gasteiger partial charge in [-0.1, -0.05) is 29.8 Å². The molecular weight excluding hydrogens is 378 g/mol. The van der Waals surface area contributed by atoms with Crippen molar-refractivity contribution in [1.82, 2.24) is 5.32 Å². The number of amides is 3. The van der Waals surface area contributed by atoms with Crippen LogP contribution < -0.4 is 15.5 Å². The minimum Gasteiger partial charge on any atom is -0.349 e. The van der Waals surface area contributed by atoms with Crippen LogP contribution in [0.25, 0.3) is 0 Å². The monoisotopic (exact) mass is 399 g/mol. The van der Waals surface area contributed by atoms with Crippen LogP contribution in [0.2, 0.25) is 5.02 Å². The van der Waals surface area contributed by atoms with Crippen molar-refractivity contribution in [3.8, 4) is 0 Å². The summed E-state index contributed by atoms with van der Waals surface area (Å²) in [6.45, 7) is 2.43. The molecule has 1 fully saturated rings. The van der Waals surface area contributed by atoms with E-state index in [1.165, 1.54) is 0 Å². The Morgan fingerprint density at radius 2 is 1.93 bits per heavy atom. The van der Waals surface area contributed by atoms with Crippen LogP contribution in [0.3, 0.4) is 0 Å². The SMILES string of the molecule is C[C@@H](CC(=O)Nc1ccc(N2CCCC2=O)c(Cl)c1)NC(=O)c1ccccc1. The van der Waals surface area contributed by atoms with Crippen LogP contribution >= 0.6 is 11.6 Å². The highest BCUT2D eigenvalue weighted by Crippen LogP contribution is 2.31. The number of carbonyl (C=O) groups excluding carboxylic acids is 3. The molecule has 2 aromatic carbocycles. The minimum atomic E-state index is -0.329. The zero-order valence-corrected chi connectivity index (χ0v) is 16.3. The van der Waals surface area contributed by atoms with E-state index in [0.29, 0.717) is 34.9 Å². The Hall–Kier alpha value is -2.86. The largest absolute Gasteiger partial charge is 0.349 e. The van der Waals surface area contributed by atoms with E-state index in [4.69, 9.17) is 11.6 Å². The third kappa shape index (κ3) is 4.89. The summed E-state index contributed by atoms with van der Waals surface area (Å²) in [6, 6.07) is 13.6. The minimum absolute atomic E-state index is 0.0571. The topological polar surface area (TPSA) is 78.5 Å². The van der Waals surface area contributed by atoms with Crippen LogP contribution in [-0.4, -0.2) is 30.3 Å². The van der Waals surface area contributed by atoms with E-state index in [0.717, 1.165) is 6.42 Å². The van der Waals surface area contributed by atoms with Crippen molar-refractivity contribution >= 4 is 40.7 Å². The van der Waals surface area contributed by atoms with Crippen molar-refractivity contribution in [2.24, 2.45) is 0 Å². The van der Waals surface area contributed by atoms with Gasteiger partial charge in [0, 0.05) is 36.7 Å². The number of anilines is 2. The highest BCUT2D eigenvalue weighted by molar-refractivity contribution is 6.34. The van der Waals surface area contributed by atoms with Crippen LogP contribution in [0.4, 0.5) is 11.4 Å². The van der Waals surface area contributed by atoms with Crippen LogP contribution in [0, 0.1) is 0 Å². The lowest BCUT2D eigenvalue weighted by molar-refractivity contribution is -0.117. The van der Waals surface area contributed by atoms with E-state index in [9.17, 15) is 14.4 Å². The summed E-state index contributed by atoms with van der Waals surface area (Å²) in [5.41, 5.74) is 1.76. The lowest BCUT2D eigenvalue weighted by Crippen LogP contribution is -2.35. The summed E-state index contributed by atoms with van der Waals surface area (Å²) in [7, 11) is 0. The molecular formula is C21H22ClN3O3. The predicted molar refractivity (Wildman–Crippen MR) is 110 cm³/mol. The van der Waals surface area contributed by atoms with Gasteiger partial charge in [0.05, 0.1) is 10.7 Å². The molecule has 0 spiro atoms. The third-order valence-corrected chi connectivity index (χ3v) is 4.80. The number of nitrogens with zero attached hydrogens (tertiary/aromatic N) is 1. The summed E-state index contributed by atoms with van der Waals surface area (Å²) in [6.07, 6.45) is 1.48. The Balaban J connectivity index is 1.55. The number of nitrogens with one attached hydrogen (secondary N) is 2. The maximum atomic E-state index is 12.3. The molecule has 1 saturated heterocycles. The van der Waals surface area contributed by atoms with Gasteiger partial charge >= 0.3 is 0 Å². The second-order valence-electron chi connectivity index (χ2n) is 6.81. The number of halogens is 1. The molecule has 1 heterocycles. The summed E-state index contributed by atoms with van der Waals surface area (Å²) < 4.78 is 0. The second kappa shape index (κ2) is 8.89. The average molecular weight is 400 g/mol. The number of benzene rings is 2. The Kier molecular flexibility index (Phi) is 6.31. The molecule has 0 saturated carbocycles. The van der Waals surface area contributed by atoms with Crippen molar-refractivity contribution in [2.45, 2.75) is 32.2 Å². The first kappa shape index (κ1) is 19.9. The van der Waals surface area contributed by atoms with Crippen molar-refractivity contribution in [3.63, 3.8) is 0 Å². The summed E-state index contributed by atoms with van der Waals surface area (Å²) in [5, 5.41) is 6.00. The molecule has 146 valence electrons. The number of rotatable bonds is 6. The molecule has 0 bridgehead atoms. The Morgan fingerprint density at radius 3 is 2.57 bits per heavy atom. The maximum absolute atomic E-state index is 12.3. The van der Waals surface area contributed by atoms with E-state index in [-0.39, 0.29) is 30.2 Å². The molecule has 7 heteroatoms. The standard InChI is InChI=1S/C21H22ClN3O3/c1-14(23-21(28)15-6-3-2-4-7-15)12-19(26)24-16-9-10-18(17(22)13-16)25-11-5-8-20(25)27/h2-4,6-7,9-10,13-14H,5,8,11-12H2,1H3,(H,23,28)(H,24,26)/t14-/m0/s1. The van der Waals surface area contributed by atoms with Gasteiger partial charge in [-0.25, -0.2) is 0 Å². The van der Waals surface area contributed by atoms with Gasteiger partial charge in [-0.3, -0.25) is 14.4 Å². The third-order valence-electron chi connectivity index (χ3n) is 4.50. The van der Waals surface area contributed by atoms with Crippen LogP contribution in [0.1, 0.15) is 36.5 Å². The molecule has 1 aliphatic heterocycles. The maximum Gasteiger partial charge on any atom is 0.251 e. The molecule has 0 unspecified atom stereocenters. The van der Waals surface area contributed by atoms with Gasteiger partial charge in [0.15, 0.2) is 0 Å². The molecule has 3 amide bonds. The molecule has 3 rings (SSSR count). The Labute approximate surface area is 168 Å². The molecule has 0 radical (unpaired) electrons. The van der Waals surface area contributed by atoms with Crippen molar-refractivity contribution in [2.75, 3.05) is 16.8 Å². The zero-order valence-electron chi connectivity index (χ0n) is 15.6. The van der Waals surface area contributed by atoms with Gasteiger partial charge in [-0.15, -0.1) is 0 Å². The summed E-state index contributed by atoms with van der Waals surface area (Å²) in [4.78, 5) is 37.9. The molecule has 6 nitrogen and oxygen atoms in total. The first-order valence-electron chi connectivity index (χ1n) is 9.19. The van der Waals surface area contributed by atoms with Crippen molar-refractivity contribution < 1.29 is 14.4 Å². The van der Waals surface area contributed by atoms with Crippen molar-refractivity contribution in [3.05, 3.63) is 59.1 Å². The van der Waals surface area contributed by atoms with Crippen LogP contribution in [-0.2, 0) is 9.59 Å². The fraction of sp³-hybridized carbons (Fsp3) is 0.286. The molecule has 0 aromatic heterocycles. The molecule has 1 aliphatic rings. The van der Waals surface area contributed by atoms with Gasteiger partial charge in [-0.05, 0) is 43.7 Å². The molecule has 1 atom stereocenters. The molecule has 2 N–H and O–H groups in total. The summed E-state index contributed by atoms with van der Waals surface area (Å²) >= 11 is 6.30. The Bertz CT molecular complexity index is 886. The van der Waals surface area contributed by atoms with Gasteiger partial charge in [0.1, 0.15) is 0 Å². The quantitative estimate of drug-likeness (QED) is 0.778. The van der Waals surface area contributed by atoms with Gasteiger partial charge in [-0.2, -0.15) is 0 Å². The van der Waals surface area contributed by atoms with Gasteiger partial charge in [0.2, 0.25) is 11.8 Å². The number of hydrogen-bond acceptors (Lipinski definition) is 3. The van der Waals surface area contributed by atoms with Gasteiger partial charge in [0.25, 0.3) is 5.91 Å². The fourth-order valence-electron chi connectivity index (χ4n) is 3.14. The first-order valence-corrected chi connectivity index (χ1v) is 9.57. The lowest BCUT2D eigenvalue weighted by atomic mass is 10.1. The second-order valence-corrected chi connectivity index (χ2v) is 7.22. The Morgan fingerprint density at radius 1 is 1.18 bits per heavy atom. The molecule has 28 heavy (non-hydrogen) atoms. The fourth-order valence-corrected chi connectivity index (χ4v) is 3.43. The van der Waals surface area contributed by atoms with E-state index < -0.39 is 0 Å². The first-order chi connectivity index (χ1) is 13.4. The van der Waals surface area contributed by atoms with Crippen molar-refractivity contribution in [1.29, 1.82) is 0 Å². The average Bonchev–Trinajstić information content (AvgIpc) is 3.08.